The third-order valence-electron chi connectivity index (χ3n) is 4.22. The summed E-state index contributed by atoms with van der Waals surface area (Å²) in [5, 5.41) is 0. The van der Waals surface area contributed by atoms with Crippen LogP contribution < -0.4 is 0 Å². The standard InChI is InChI=1S/C17H21F3/c1-4-12-6-5-9-16(2,3)15-11-14(17(18,19)20)8-7-13(15)10-12/h5,7-9,11-12H,4,6,10H2,1-3H3. The molecule has 0 aliphatic heterocycles. The van der Waals surface area contributed by atoms with Crippen molar-refractivity contribution in [3.63, 3.8) is 0 Å². The number of hydrogen-bond acceptors (Lipinski definition) is 0. The van der Waals surface area contributed by atoms with Crippen LogP contribution in [-0.4, -0.2) is 0 Å². The first-order valence-electron chi connectivity index (χ1n) is 7.12. The Bertz CT molecular complexity index is 509. The minimum Gasteiger partial charge on any atom is -0.166 e. The molecule has 1 unspecified atom stereocenters. The van der Waals surface area contributed by atoms with Gasteiger partial charge in [-0.2, -0.15) is 13.2 Å². The van der Waals surface area contributed by atoms with Gasteiger partial charge in [-0.05, 0) is 42.0 Å². The Kier molecular flexibility index (Phi) is 3.99. The molecular weight excluding hydrogens is 261 g/mol. The van der Waals surface area contributed by atoms with Crippen LogP contribution in [0.15, 0.2) is 30.4 Å². The van der Waals surface area contributed by atoms with Gasteiger partial charge in [0, 0.05) is 5.41 Å². The van der Waals surface area contributed by atoms with Gasteiger partial charge < -0.3 is 0 Å². The summed E-state index contributed by atoms with van der Waals surface area (Å²) in [6.07, 6.45) is 2.80. The maximum absolute atomic E-state index is 12.9. The van der Waals surface area contributed by atoms with Crippen LogP contribution in [0.4, 0.5) is 13.2 Å². The summed E-state index contributed by atoms with van der Waals surface area (Å²) < 4.78 is 38.7. The SMILES string of the molecule is CCC1CC=CC(C)(C)c2cc(C(F)(F)F)ccc2C1. The molecule has 0 amide bonds. The number of rotatable bonds is 1. The molecule has 0 nitrogen and oxygen atoms in total. The summed E-state index contributed by atoms with van der Waals surface area (Å²) in [6.45, 7) is 6.10. The fourth-order valence-corrected chi connectivity index (χ4v) is 2.88. The predicted molar refractivity (Wildman–Crippen MR) is 75.7 cm³/mol. The van der Waals surface area contributed by atoms with Gasteiger partial charge in [-0.1, -0.05) is 45.4 Å². The van der Waals surface area contributed by atoms with Crippen molar-refractivity contribution in [3.05, 3.63) is 47.0 Å². The summed E-state index contributed by atoms with van der Waals surface area (Å²) >= 11 is 0. The molecule has 1 aromatic carbocycles. The second-order valence-corrected chi connectivity index (χ2v) is 6.21. The summed E-state index contributed by atoms with van der Waals surface area (Å²) in [6, 6.07) is 4.21. The van der Waals surface area contributed by atoms with E-state index in [1.54, 1.807) is 6.07 Å². The maximum atomic E-state index is 12.9. The lowest BCUT2D eigenvalue weighted by Gasteiger charge is -2.29. The lowest BCUT2D eigenvalue weighted by atomic mass is 9.76. The van der Waals surface area contributed by atoms with Crippen molar-refractivity contribution in [1.82, 2.24) is 0 Å². The van der Waals surface area contributed by atoms with Crippen molar-refractivity contribution in [2.24, 2.45) is 5.92 Å². The minimum atomic E-state index is -4.28. The van der Waals surface area contributed by atoms with Crippen molar-refractivity contribution in [1.29, 1.82) is 0 Å². The van der Waals surface area contributed by atoms with Gasteiger partial charge >= 0.3 is 6.18 Å². The molecule has 2 rings (SSSR count). The van der Waals surface area contributed by atoms with Gasteiger partial charge in [-0.3, -0.25) is 0 Å². The second-order valence-electron chi connectivity index (χ2n) is 6.21. The van der Waals surface area contributed by atoms with E-state index in [1.807, 2.05) is 19.9 Å². The molecule has 0 radical (unpaired) electrons. The highest BCUT2D eigenvalue weighted by Crippen LogP contribution is 2.37. The molecule has 20 heavy (non-hydrogen) atoms. The zero-order chi connectivity index (χ0) is 15.0. The Hall–Kier alpha value is -1.25. The topological polar surface area (TPSA) is 0 Å². The van der Waals surface area contributed by atoms with Crippen LogP contribution in [0, 0.1) is 5.92 Å². The van der Waals surface area contributed by atoms with Crippen LogP contribution in [0.25, 0.3) is 0 Å². The van der Waals surface area contributed by atoms with E-state index in [4.69, 9.17) is 0 Å². The zero-order valence-corrected chi connectivity index (χ0v) is 12.2. The highest BCUT2D eigenvalue weighted by atomic mass is 19.4. The molecule has 1 atom stereocenters. The smallest absolute Gasteiger partial charge is 0.166 e. The Labute approximate surface area is 118 Å². The van der Waals surface area contributed by atoms with Crippen LogP contribution in [-0.2, 0) is 18.0 Å². The number of hydrogen-bond donors (Lipinski definition) is 0. The molecule has 1 aromatic rings. The molecule has 0 spiro atoms. The molecule has 0 saturated heterocycles. The zero-order valence-electron chi connectivity index (χ0n) is 12.2. The normalized spacial score (nSPS) is 22.0. The van der Waals surface area contributed by atoms with Crippen LogP contribution in [0.5, 0.6) is 0 Å². The number of alkyl halides is 3. The Morgan fingerprint density at radius 3 is 2.55 bits per heavy atom. The number of allylic oxidation sites excluding steroid dienone is 2. The molecule has 3 heteroatoms. The van der Waals surface area contributed by atoms with Gasteiger partial charge in [0.1, 0.15) is 0 Å². The average Bonchev–Trinajstić information content (AvgIpc) is 2.34. The minimum absolute atomic E-state index is 0.352. The first-order valence-corrected chi connectivity index (χ1v) is 7.12. The predicted octanol–water partition coefficient (Wildman–Crippen LogP) is 5.51. The van der Waals surface area contributed by atoms with Gasteiger partial charge in [0.05, 0.1) is 5.56 Å². The monoisotopic (exact) mass is 282 g/mol. The third kappa shape index (κ3) is 3.08. The van der Waals surface area contributed by atoms with Gasteiger partial charge in [-0.15, -0.1) is 0 Å². The third-order valence-corrected chi connectivity index (χ3v) is 4.22. The molecule has 1 aliphatic carbocycles. The summed E-state index contributed by atoms with van der Waals surface area (Å²) in [7, 11) is 0. The van der Waals surface area contributed by atoms with E-state index in [0.717, 1.165) is 30.4 Å². The molecule has 0 bridgehead atoms. The van der Waals surface area contributed by atoms with E-state index in [-0.39, 0.29) is 5.41 Å². The van der Waals surface area contributed by atoms with E-state index >= 15 is 0 Å². The van der Waals surface area contributed by atoms with Crippen molar-refractivity contribution < 1.29 is 13.2 Å². The van der Waals surface area contributed by atoms with E-state index in [2.05, 4.69) is 13.0 Å². The average molecular weight is 282 g/mol. The molecule has 0 aromatic heterocycles. The highest BCUT2D eigenvalue weighted by Gasteiger charge is 2.33. The van der Waals surface area contributed by atoms with Crippen LogP contribution in [0.3, 0.4) is 0 Å². The Morgan fingerprint density at radius 1 is 1.25 bits per heavy atom. The van der Waals surface area contributed by atoms with Gasteiger partial charge in [-0.25, -0.2) is 0 Å². The molecule has 0 N–H and O–H groups in total. The van der Waals surface area contributed by atoms with E-state index in [0.29, 0.717) is 5.92 Å². The number of halogens is 3. The Morgan fingerprint density at radius 2 is 1.95 bits per heavy atom. The van der Waals surface area contributed by atoms with Gasteiger partial charge in [0.15, 0.2) is 0 Å². The van der Waals surface area contributed by atoms with Crippen molar-refractivity contribution >= 4 is 0 Å². The lowest BCUT2D eigenvalue weighted by molar-refractivity contribution is -0.137. The molecule has 1 aliphatic rings. The fraction of sp³-hybridized carbons (Fsp3) is 0.529. The van der Waals surface area contributed by atoms with Crippen LogP contribution >= 0.6 is 0 Å². The van der Waals surface area contributed by atoms with Gasteiger partial charge in [0.2, 0.25) is 0 Å². The van der Waals surface area contributed by atoms with Crippen molar-refractivity contribution in [2.45, 2.75) is 51.6 Å². The molecule has 0 fully saturated rings. The first kappa shape index (κ1) is 15.1. The fourth-order valence-electron chi connectivity index (χ4n) is 2.88. The van der Waals surface area contributed by atoms with Crippen LogP contribution in [0.2, 0.25) is 0 Å². The van der Waals surface area contributed by atoms with E-state index in [1.165, 1.54) is 12.1 Å². The number of benzene rings is 1. The molecular formula is C17H21F3. The largest absolute Gasteiger partial charge is 0.416 e. The van der Waals surface area contributed by atoms with Crippen molar-refractivity contribution in [2.75, 3.05) is 0 Å². The van der Waals surface area contributed by atoms with Gasteiger partial charge in [0.25, 0.3) is 0 Å². The maximum Gasteiger partial charge on any atom is 0.416 e. The summed E-state index contributed by atoms with van der Waals surface area (Å²) in [5.41, 5.74) is 0.960. The Balaban J connectivity index is 2.53. The molecule has 0 heterocycles. The molecule has 0 saturated carbocycles. The van der Waals surface area contributed by atoms with Crippen LogP contribution in [0.1, 0.15) is 50.3 Å². The second kappa shape index (κ2) is 5.27. The summed E-state index contributed by atoms with van der Waals surface area (Å²) in [5.74, 6) is 0.512. The van der Waals surface area contributed by atoms with E-state index in [9.17, 15) is 13.2 Å². The van der Waals surface area contributed by atoms with E-state index < -0.39 is 11.7 Å². The lowest BCUT2D eigenvalue weighted by Crippen LogP contribution is -2.21. The van der Waals surface area contributed by atoms with Crippen molar-refractivity contribution in [3.8, 4) is 0 Å². The molecule has 110 valence electrons. The first-order chi connectivity index (χ1) is 9.24. The number of fused-ring (bicyclic) bond motifs is 1. The quantitative estimate of drug-likeness (QED) is 0.596. The highest BCUT2D eigenvalue weighted by molar-refractivity contribution is 5.41. The summed E-state index contributed by atoms with van der Waals surface area (Å²) in [4.78, 5) is 0.